The second-order valence-electron chi connectivity index (χ2n) is 6.61. The van der Waals surface area contributed by atoms with Crippen LogP contribution in [0.25, 0.3) is 10.9 Å². The largest absolute Gasteiger partial charge is 1.00 e. The van der Waals surface area contributed by atoms with Crippen molar-refractivity contribution >= 4 is 34.0 Å². The second kappa shape index (κ2) is 11.5. The number of methoxy groups -OCH3 is 1. The Bertz CT molecular complexity index is 1200. The first-order valence-electron chi connectivity index (χ1n) is 9.66. The summed E-state index contributed by atoms with van der Waals surface area (Å²) >= 11 is 0. The number of amides is 1. The predicted octanol–water partition coefficient (Wildman–Crippen LogP) is 1.85. The summed E-state index contributed by atoms with van der Waals surface area (Å²) < 4.78 is 10.9. The molecule has 32 heavy (non-hydrogen) atoms. The third-order valence-corrected chi connectivity index (χ3v) is 4.62. The Morgan fingerprint density at radius 2 is 1.69 bits per heavy atom. The summed E-state index contributed by atoms with van der Waals surface area (Å²) in [6, 6.07) is 20.1. The first-order valence-corrected chi connectivity index (χ1v) is 9.66. The zero-order valence-corrected chi connectivity index (χ0v) is 22.9. The van der Waals surface area contributed by atoms with E-state index in [9.17, 15) is 4.79 Å². The van der Waals surface area contributed by atoms with Crippen LogP contribution in [0.4, 0.5) is 17.2 Å². The van der Waals surface area contributed by atoms with Gasteiger partial charge >= 0.3 is 58.2 Å². The van der Waals surface area contributed by atoms with Gasteiger partial charge in [-0.25, -0.2) is 9.97 Å². The van der Waals surface area contributed by atoms with Gasteiger partial charge in [-0.05, 0) is 49.1 Å². The minimum Gasteiger partial charge on any atom is -0.522 e. The minimum absolute atomic E-state index is 0. The van der Waals surface area contributed by atoms with Gasteiger partial charge in [0.25, 0.3) is 5.91 Å². The monoisotopic (exact) mass is 498 g/mol. The van der Waals surface area contributed by atoms with Crippen LogP contribution in [-0.2, 0) is 0 Å². The molecular weight excluding hydrogens is 478 g/mol. The number of carbonyl (C=O) groups excluding carboxylic acids is 1. The molecule has 7 nitrogen and oxygen atoms in total. The van der Waals surface area contributed by atoms with Crippen molar-refractivity contribution in [3.05, 3.63) is 85.5 Å². The molecule has 156 valence electrons. The number of benzene rings is 3. The van der Waals surface area contributed by atoms with Crippen molar-refractivity contribution in [3.8, 4) is 11.5 Å². The normalized spacial score (nSPS) is 10.2. The fourth-order valence-corrected chi connectivity index (χ4v) is 3.11. The van der Waals surface area contributed by atoms with E-state index in [1.165, 1.54) is 6.33 Å². The molecule has 0 unspecified atom stereocenters. The zero-order valence-electron chi connectivity index (χ0n) is 18.0. The van der Waals surface area contributed by atoms with E-state index in [1.807, 2.05) is 48.5 Å². The Kier molecular flexibility index (Phi) is 8.75. The van der Waals surface area contributed by atoms with E-state index < -0.39 is 0 Å². The van der Waals surface area contributed by atoms with E-state index in [-0.39, 0.29) is 70.7 Å². The van der Waals surface area contributed by atoms with E-state index >= 15 is 0 Å². The molecule has 3 aromatic carbocycles. The number of hydrogen-bond donors (Lipinski definition) is 2. The van der Waals surface area contributed by atoms with Crippen molar-refractivity contribution in [1.82, 2.24) is 9.97 Å². The summed E-state index contributed by atoms with van der Waals surface area (Å²) in [7, 11) is 1.58. The van der Waals surface area contributed by atoms with Crippen LogP contribution in [-0.4, -0.2) is 29.6 Å². The van der Waals surface area contributed by atoms with Crippen LogP contribution in [0.15, 0.2) is 73.1 Å². The summed E-state index contributed by atoms with van der Waals surface area (Å²) in [5.41, 5.74) is 2.83. The van der Waals surface area contributed by atoms with Gasteiger partial charge in [-0.15, -0.1) is 0 Å². The van der Waals surface area contributed by atoms with Crippen molar-refractivity contribution in [2.75, 3.05) is 24.4 Å². The third-order valence-electron chi connectivity index (χ3n) is 4.62. The Morgan fingerprint density at radius 1 is 0.969 bits per heavy atom. The number of hydrogen-bond acceptors (Lipinski definition) is 6. The van der Waals surface area contributed by atoms with Gasteiger partial charge in [0.05, 0.1) is 12.6 Å². The van der Waals surface area contributed by atoms with Crippen LogP contribution in [0, 0.1) is 6.92 Å². The average molecular weight is 499 g/mol. The van der Waals surface area contributed by atoms with E-state index in [4.69, 9.17) is 9.47 Å². The average Bonchev–Trinajstić information content (AvgIpc) is 2.81. The van der Waals surface area contributed by atoms with Gasteiger partial charge in [-0.1, -0.05) is 18.2 Å². The summed E-state index contributed by atoms with van der Waals surface area (Å²) in [5, 5.41) is 6.96. The van der Waals surface area contributed by atoms with Crippen molar-refractivity contribution < 1.29 is 72.5 Å². The molecule has 0 saturated carbocycles. The van der Waals surface area contributed by atoms with Crippen LogP contribution in [0.5, 0.6) is 11.5 Å². The van der Waals surface area contributed by atoms with Crippen LogP contribution < -0.4 is 78.3 Å². The molecule has 2 N–H and O–H groups in total. The minimum atomic E-state index is -0.157. The first kappa shape index (κ1) is 24.3. The maximum atomic E-state index is 12.3. The molecule has 0 radical (unpaired) electrons. The smallest absolute Gasteiger partial charge is 0.522 e. The molecule has 8 heteroatoms. The molecule has 0 spiro atoms. The van der Waals surface area contributed by atoms with Gasteiger partial charge in [0.2, 0.25) is 0 Å². The molecule has 0 aliphatic rings. The Labute approximate surface area is 235 Å². The van der Waals surface area contributed by atoms with Gasteiger partial charge < -0.3 is 27.0 Å². The Balaban J connectivity index is 0.00000289. The number of ether oxygens (including phenoxy) is 2. The van der Waals surface area contributed by atoms with Crippen LogP contribution in [0.1, 0.15) is 10.4 Å². The molecule has 0 bridgehead atoms. The van der Waals surface area contributed by atoms with E-state index in [1.54, 1.807) is 25.3 Å². The molecule has 0 fully saturated rings. The van der Waals surface area contributed by atoms with Crippen molar-refractivity contribution in [2.24, 2.45) is 0 Å². The Hall–Kier alpha value is -2.32. The molecule has 0 aliphatic heterocycles. The van der Waals surface area contributed by atoms with E-state index in [0.717, 1.165) is 11.1 Å². The standard InChI is InChI=1S/C24H21N4O3.Rb/c1-3-31-22-14-20-19(13-21(22)30-2)23(26-15-25-20)27-17-9-11-18(12-10-17)28-24(29)16-7-5-4-6-8-16;/h4-15H,1,3H2,2H3,(H,28,29)(H,25,26,27);/q-1;+1. The van der Waals surface area contributed by atoms with Gasteiger partial charge in [-0.2, -0.15) is 0 Å². The quantitative estimate of drug-likeness (QED) is 0.378. The van der Waals surface area contributed by atoms with Crippen LogP contribution in [0.2, 0.25) is 0 Å². The second-order valence-corrected chi connectivity index (χ2v) is 6.61. The third kappa shape index (κ3) is 5.72. The molecular formula is C24H21N4O3Rb. The summed E-state index contributed by atoms with van der Waals surface area (Å²) in [6.07, 6.45) is 1.49. The topological polar surface area (TPSA) is 85.4 Å². The molecule has 4 aromatic rings. The number of fused-ring (bicyclic) bond motifs is 1. The SMILES string of the molecule is [CH2-]COc1cc2ncnc(Nc3ccc(NC(=O)c4ccccc4)cc3)c2cc1OC.[Rb+]. The molecule has 1 aromatic heterocycles. The first-order chi connectivity index (χ1) is 15.2. The molecule has 1 amide bonds. The van der Waals surface area contributed by atoms with Crippen LogP contribution >= 0.6 is 0 Å². The number of aromatic nitrogens is 2. The predicted molar refractivity (Wildman–Crippen MR) is 121 cm³/mol. The number of anilines is 3. The number of nitrogens with one attached hydrogen (secondary N) is 2. The van der Waals surface area contributed by atoms with Crippen molar-refractivity contribution in [3.63, 3.8) is 0 Å². The molecule has 0 atom stereocenters. The molecule has 0 saturated heterocycles. The van der Waals surface area contributed by atoms with Gasteiger partial charge in [0, 0.05) is 28.4 Å². The zero-order chi connectivity index (χ0) is 21.6. The van der Waals surface area contributed by atoms with Crippen LogP contribution in [0.3, 0.4) is 0 Å². The van der Waals surface area contributed by atoms with Gasteiger partial charge in [-0.3, -0.25) is 4.79 Å². The fraction of sp³-hybridized carbons (Fsp3) is 0.0833. The number of nitrogens with zero attached hydrogens (tertiary/aromatic N) is 2. The Morgan fingerprint density at radius 3 is 2.38 bits per heavy atom. The van der Waals surface area contributed by atoms with E-state index in [2.05, 4.69) is 27.5 Å². The van der Waals surface area contributed by atoms with Gasteiger partial charge in [0.15, 0.2) is 11.5 Å². The molecule has 1 heterocycles. The van der Waals surface area contributed by atoms with E-state index in [0.29, 0.717) is 34.1 Å². The maximum absolute atomic E-state index is 12.3. The number of rotatable bonds is 7. The maximum Gasteiger partial charge on any atom is 1.00 e. The number of carbonyl (C=O) groups is 1. The van der Waals surface area contributed by atoms with Gasteiger partial charge in [0.1, 0.15) is 12.1 Å². The summed E-state index contributed by atoms with van der Waals surface area (Å²) in [4.78, 5) is 21.0. The molecule has 0 aliphatic carbocycles. The molecule has 4 rings (SSSR count). The summed E-state index contributed by atoms with van der Waals surface area (Å²) in [6.45, 7) is 3.99. The van der Waals surface area contributed by atoms with Crippen molar-refractivity contribution in [2.45, 2.75) is 0 Å². The fourth-order valence-electron chi connectivity index (χ4n) is 3.11. The van der Waals surface area contributed by atoms with Crippen molar-refractivity contribution in [1.29, 1.82) is 0 Å². The summed E-state index contributed by atoms with van der Waals surface area (Å²) in [5.74, 6) is 1.63.